The quantitative estimate of drug-likeness (QED) is 0.625. The molecule has 1 aromatic heterocycles. The molecule has 0 saturated carbocycles. The van der Waals surface area contributed by atoms with Crippen molar-refractivity contribution in [3.63, 3.8) is 0 Å². The molecule has 3 nitrogen and oxygen atoms in total. The highest BCUT2D eigenvalue weighted by Crippen LogP contribution is 2.31. The average molecular weight is 274 g/mol. The number of hydrogen-bond donors (Lipinski definition) is 0. The standard InChI is InChI=1S/C12H17Cl2N3/c1-8(2)9-3-4-17(6-9)12-10(5-13)11(14)15-7-16-12/h7-9H,3-6H2,1-2H3. The van der Waals surface area contributed by atoms with Crippen LogP contribution in [0.1, 0.15) is 25.8 Å². The summed E-state index contributed by atoms with van der Waals surface area (Å²) < 4.78 is 0. The lowest BCUT2D eigenvalue weighted by atomic mass is 9.95. The molecule has 0 spiro atoms. The molecule has 2 rings (SSSR count). The highest BCUT2D eigenvalue weighted by molar-refractivity contribution is 6.31. The maximum Gasteiger partial charge on any atom is 0.138 e. The van der Waals surface area contributed by atoms with Gasteiger partial charge in [0.25, 0.3) is 0 Å². The van der Waals surface area contributed by atoms with Gasteiger partial charge in [0.05, 0.1) is 5.88 Å². The van der Waals surface area contributed by atoms with E-state index in [-0.39, 0.29) is 0 Å². The Bertz CT molecular complexity index is 395. The first kappa shape index (κ1) is 12.9. The SMILES string of the molecule is CC(C)C1CCN(c2ncnc(Cl)c2CCl)C1. The van der Waals surface area contributed by atoms with E-state index in [1.165, 1.54) is 12.7 Å². The van der Waals surface area contributed by atoms with Crippen molar-refractivity contribution in [2.75, 3.05) is 18.0 Å². The number of alkyl halides is 1. The van der Waals surface area contributed by atoms with Gasteiger partial charge in [-0.25, -0.2) is 9.97 Å². The van der Waals surface area contributed by atoms with Gasteiger partial charge in [0.2, 0.25) is 0 Å². The highest BCUT2D eigenvalue weighted by Gasteiger charge is 2.27. The minimum absolute atomic E-state index is 0.359. The van der Waals surface area contributed by atoms with Crippen LogP contribution in [-0.4, -0.2) is 23.1 Å². The lowest BCUT2D eigenvalue weighted by molar-refractivity contribution is 0.422. The maximum atomic E-state index is 6.04. The summed E-state index contributed by atoms with van der Waals surface area (Å²) >= 11 is 12.0. The van der Waals surface area contributed by atoms with E-state index in [2.05, 4.69) is 28.7 Å². The number of aromatic nitrogens is 2. The van der Waals surface area contributed by atoms with E-state index in [0.717, 1.165) is 30.4 Å². The Morgan fingerprint density at radius 1 is 1.47 bits per heavy atom. The van der Waals surface area contributed by atoms with Crippen LogP contribution in [0.5, 0.6) is 0 Å². The summed E-state index contributed by atoms with van der Waals surface area (Å²) in [6, 6.07) is 0. The van der Waals surface area contributed by atoms with Crippen LogP contribution >= 0.6 is 23.2 Å². The van der Waals surface area contributed by atoms with Crippen molar-refractivity contribution in [1.82, 2.24) is 9.97 Å². The summed E-state index contributed by atoms with van der Waals surface area (Å²) in [5, 5.41) is 0.470. The van der Waals surface area contributed by atoms with Gasteiger partial charge in [0.15, 0.2) is 0 Å². The van der Waals surface area contributed by atoms with Gasteiger partial charge < -0.3 is 4.90 Å². The molecule has 1 atom stereocenters. The fraction of sp³-hybridized carbons (Fsp3) is 0.667. The minimum Gasteiger partial charge on any atom is -0.356 e. The second-order valence-electron chi connectivity index (χ2n) is 4.84. The summed E-state index contributed by atoms with van der Waals surface area (Å²) in [5.74, 6) is 2.70. The number of halogens is 2. The molecule has 1 aliphatic heterocycles. The summed E-state index contributed by atoms with van der Waals surface area (Å²) in [4.78, 5) is 10.6. The first-order valence-corrected chi connectivity index (χ1v) is 6.85. The average Bonchev–Trinajstić information content (AvgIpc) is 2.77. The molecule has 1 aliphatic rings. The van der Waals surface area contributed by atoms with Crippen molar-refractivity contribution in [3.8, 4) is 0 Å². The molecule has 0 bridgehead atoms. The second-order valence-corrected chi connectivity index (χ2v) is 5.46. The third-order valence-electron chi connectivity index (χ3n) is 3.47. The van der Waals surface area contributed by atoms with Crippen molar-refractivity contribution >= 4 is 29.0 Å². The monoisotopic (exact) mass is 273 g/mol. The molecule has 0 N–H and O–H groups in total. The van der Waals surface area contributed by atoms with Crippen LogP contribution in [-0.2, 0) is 5.88 Å². The van der Waals surface area contributed by atoms with Crippen molar-refractivity contribution in [3.05, 3.63) is 17.0 Å². The molecular formula is C12H17Cl2N3. The zero-order valence-electron chi connectivity index (χ0n) is 10.2. The van der Waals surface area contributed by atoms with Crippen molar-refractivity contribution in [2.45, 2.75) is 26.1 Å². The summed E-state index contributed by atoms with van der Waals surface area (Å²) in [5.41, 5.74) is 0.847. The molecule has 1 aromatic rings. The van der Waals surface area contributed by atoms with Crippen LogP contribution in [0.15, 0.2) is 6.33 Å². The molecule has 0 amide bonds. The summed E-state index contributed by atoms with van der Waals surface area (Å²) in [7, 11) is 0. The fourth-order valence-electron chi connectivity index (χ4n) is 2.29. The van der Waals surface area contributed by atoms with E-state index < -0.39 is 0 Å². The highest BCUT2D eigenvalue weighted by atomic mass is 35.5. The van der Waals surface area contributed by atoms with Crippen LogP contribution in [0, 0.1) is 11.8 Å². The van der Waals surface area contributed by atoms with Gasteiger partial charge in [0, 0.05) is 18.7 Å². The predicted octanol–water partition coefficient (Wildman–Crippen LogP) is 3.35. The van der Waals surface area contributed by atoms with E-state index in [0.29, 0.717) is 17.0 Å². The predicted molar refractivity (Wildman–Crippen MR) is 71.8 cm³/mol. The van der Waals surface area contributed by atoms with Gasteiger partial charge in [-0.15, -0.1) is 11.6 Å². The van der Waals surface area contributed by atoms with E-state index in [1.807, 2.05) is 0 Å². The van der Waals surface area contributed by atoms with Crippen LogP contribution in [0.2, 0.25) is 5.15 Å². The Labute approximate surface area is 112 Å². The third kappa shape index (κ3) is 2.66. The van der Waals surface area contributed by atoms with Crippen LogP contribution in [0.25, 0.3) is 0 Å². The molecule has 2 heterocycles. The molecule has 5 heteroatoms. The molecule has 1 fully saturated rings. The lowest BCUT2D eigenvalue weighted by Crippen LogP contribution is -2.23. The van der Waals surface area contributed by atoms with Crippen LogP contribution in [0.4, 0.5) is 5.82 Å². The molecule has 0 aromatic carbocycles. The lowest BCUT2D eigenvalue weighted by Gasteiger charge is -2.21. The number of nitrogens with zero attached hydrogens (tertiary/aromatic N) is 3. The van der Waals surface area contributed by atoms with Crippen LogP contribution in [0.3, 0.4) is 0 Å². The molecule has 0 radical (unpaired) electrons. The van der Waals surface area contributed by atoms with E-state index in [9.17, 15) is 0 Å². The zero-order valence-corrected chi connectivity index (χ0v) is 11.7. The molecule has 1 saturated heterocycles. The number of anilines is 1. The minimum atomic E-state index is 0.359. The summed E-state index contributed by atoms with van der Waals surface area (Å²) in [6.45, 7) is 6.60. The molecule has 0 aliphatic carbocycles. The Morgan fingerprint density at radius 2 is 2.24 bits per heavy atom. The van der Waals surface area contributed by atoms with Crippen molar-refractivity contribution in [2.24, 2.45) is 11.8 Å². The molecule has 17 heavy (non-hydrogen) atoms. The van der Waals surface area contributed by atoms with Crippen molar-refractivity contribution in [1.29, 1.82) is 0 Å². The number of hydrogen-bond acceptors (Lipinski definition) is 3. The maximum absolute atomic E-state index is 6.04. The van der Waals surface area contributed by atoms with Gasteiger partial charge in [-0.05, 0) is 18.3 Å². The molecule has 1 unspecified atom stereocenters. The Hall–Kier alpha value is -0.540. The summed E-state index contributed by atoms with van der Waals surface area (Å²) in [6.07, 6.45) is 2.72. The second kappa shape index (κ2) is 5.40. The first-order chi connectivity index (χ1) is 8.13. The van der Waals surface area contributed by atoms with Gasteiger partial charge in [-0.1, -0.05) is 25.4 Å². The largest absolute Gasteiger partial charge is 0.356 e. The number of rotatable bonds is 3. The van der Waals surface area contributed by atoms with Gasteiger partial charge >= 0.3 is 0 Å². The van der Waals surface area contributed by atoms with E-state index >= 15 is 0 Å². The zero-order chi connectivity index (χ0) is 12.4. The van der Waals surface area contributed by atoms with Crippen LogP contribution < -0.4 is 4.90 Å². The van der Waals surface area contributed by atoms with E-state index in [1.54, 1.807) is 0 Å². The Balaban J connectivity index is 2.21. The van der Waals surface area contributed by atoms with Gasteiger partial charge in [-0.3, -0.25) is 0 Å². The Kier molecular flexibility index (Phi) is 4.10. The van der Waals surface area contributed by atoms with Gasteiger partial charge in [0.1, 0.15) is 17.3 Å². The smallest absolute Gasteiger partial charge is 0.138 e. The first-order valence-electron chi connectivity index (χ1n) is 5.93. The molecular weight excluding hydrogens is 257 g/mol. The normalized spacial score (nSPS) is 20.3. The van der Waals surface area contributed by atoms with Gasteiger partial charge in [-0.2, -0.15) is 0 Å². The van der Waals surface area contributed by atoms with Crippen molar-refractivity contribution < 1.29 is 0 Å². The van der Waals surface area contributed by atoms with E-state index in [4.69, 9.17) is 23.2 Å². The fourth-order valence-corrected chi connectivity index (χ4v) is 2.80. The third-order valence-corrected chi connectivity index (χ3v) is 4.06. The topological polar surface area (TPSA) is 29.0 Å². The molecule has 94 valence electrons. The Morgan fingerprint density at radius 3 is 2.82 bits per heavy atom.